The molecule has 0 aliphatic rings. The van der Waals surface area contributed by atoms with Crippen molar-refractivity contribution in [1.82, 2.24) is 0 Å². The topological polar surface area (TPSA) is 35.5 Å². The summed E-state index contributed by atoms with van der Waals surface area (Å²) in [6, 6.07) is 3.38. The third-order valence-corrected chi connectivity index (χ3v) is 3.52. The maximum atomic E-state index is 12.3. The van der Waals surface area contributed by atoms with Gasteiger partial charge in [-0.25, -0.2) is 0 Å². The SMILES string of the molecule is COc1ccc(C(=O)C(C)C(C)C)c(OC)c1Cl. The molecule has 4 heteroatoms. The van der Waals surface area contributed by atoms with Crippen molar-refractivity contribution in [2.75, 3.05) is 14.2 Å². The minimum Gasteiger partial charge on any atom is -0.495 e. The van der Waals surface area contributed by atoms with Crippen LogP contribution in [0.5, 0.6) is 11.5 Å². The Morgan fingerprint density at radius 3 is 2.22 bits per heavy atom. The lowest BCUT2D eigenvalue weighted by molar-refractivity contribution is 0.0896. The second-order valence-corrected chi connectivity index (χ2v) is 4.94. The van der Waals surface area contributed by atoms with Crippen molar-refractivity contribution in [3.05, 3.63) is 22.7 Å². The van der Waals surface area contributed by atoms with Crippen LogP contribution < -0.4 is 9.47 Å². The molecule has 1 rings (SSSR count). The van der Waals surface area contributed by atoms with E-state index < -0.39 is 0 Å². The van der Waals surface area contributed by atoms with Crippen molar-refractivity contribution in [2.45, 2.75) is 20.8 Å². The van der Waals surface area contributed by atoms with Gasteiger partial charge >= 0.3 is 0 Å². The van der Waals surface area contributed by atoms with E-state index in [1.54, 1.807) is 12.1 Å². The number of benzene rings is 1. The Balaban J connectivity index is 3.25. The van der Waals surface area contributed by atoms with Gasteiger partial charge in [0.2, 0.25) is 0 Å². The summed E-state index contributed by atoms with van der Waals surface area (Å²) in [6.45, 7) is 5.94. The highest BCUT2D eigenvalue weighted by Crippen LogP contribution is 2.38. The fourth-order valence-corrected chi connectivity index (χ4v) is 1.96. The van der Waals surface area contributed by atoms with Gasteiger partial charge in [-0.3, -0.25) is 4.79 Å². The van der Waals surface area contributed by atoms with Crippen molar-refractivity contribution in [1.29, 1.82) is 0 Å². The van der Waals surface area contributed by atoms with Crippen LogP contribution >= 0.6 is 11.6 Å². The summed E-state index contributed by atoms with van der Waals surface area (Å²) in [7, 11) is 3.02. The van der Waals surface area contributed by atoms with Crippen LogP contribution in [0, 0.1) is 11.8 Å². The summed E-state index contributed by atoms with van der Waals surface area (Å²) in [5, 5.41) is 0.335. The highest BCUT2D eigenvalue weighted by molar-refractivity contribution is 6.34. The van der Waals surface area contributed by atoms with Crippen LogP contribution in [0.25, 0.3) is 0 Å². The molecular formula is C14H19ClO3. The monoisotopic (exact) mass is 270 g/mol. The van der Waals surface area contributed by atoms with E-state index in [9.17, 15) is 4.79 Å². The van der Waals surface area contributed by atoms with Crippen LogP contribution in [-0.2, 0) is 0 Å². The molecule has 3 nitrogen and oxygen atoms in total. The third-order valence-electron chi connectivity index (χ3n) is 3.16. The molecule has 0 amide bonds. The Morgan fingerprint density at radius 1 is 1.17 bits per heavy atom. The highest BCUT2D eigenvalue weighted by atomic mass is 35.5. The van der Waals surface area contributed by atoms with E-state index in [0.29, 0.717) is 22.1 Å². The van der Waals surface area contributed by atoms with Crippen molar-refractivity contribution < 1.29 is 14.3 Å². The lowest BCUT2D eigenvalue weighted by atomic mass is 9.89. The van der Waals surface area contributed by atoms with Crippen molar-refractivity contribution in [3.63, 3.8) is 0 Å². The number of rotatable bonds is 5. The lowest BCUT2D eigenvalue weighted by Gasteiger charge is -2.17. The second-order valence-electron chi connectivity index (χ2n) is 4.56. The first-order chi connectivity index (χ1) is 8.43. The number of carbonyl (C=O) groups is 1. The summed E-state index contributed by atoms with van der Waals surface area (Å²) in [6.07, 6.45) is 0. The average Bonchev–Trinajstić information content (AvgIpc) is 2.36. The van der Waals surface area contributed by atoms with Crippen molar-refractivity contribution >= 4 is 17.4 Å². The maximum absolute atomic E-state index is 12.3. The molecule has 1 aromatic rings. The molecule has 0 aliphatic carbocycles. The quantitative estimate of drug-likeness (QED) is 0.763. The number of methoxy groups -OCH3 is 2. The molecule has 0 N–H and O–H groups in total. The largest absolute Gasteiger partial charge is 0.495 e. The molecule has 0 bridgehead atoms. The minimum absolute atomic E-state index is 0.0337. The lowest BCUT2D eigenvalue weighted by Crippen LogP contribution is -2.18. The molecule has 0 fully saturated rings. The Morgan fingerprint density at radius 2 is 1.78 bits per heavy atom. The minimum atomic E-state index is -0.0802. The van der Waals surface area contributed by atoms with Gasteiger partial charge < -0.3 is 9.47 Å². The van der Waals surface area contributed by atoms with E-state index in [1.807, 2.05) is 20.8 Å². The maximum Gasteiger partial charge on any atom is 0.169 e. The van der Waals surface area contributed by atoms with Gasteiger partial charge in [-0.05, 0) is 18.1 Å². The van der Waals surface area contributed by atoms with Crippen LogP contribution in [0.3, 0.4) is 0 Å². The molecule has 18 heavy (non-hydrogen) atoms. The highest BCUT2D eigenvalue weighted by Gasteiger charge is 2.24. The Labute approximate surface area is 113 Å². The summed E-state index contributed by atoms with van der Waals surface area (Å²) in [5.74, 6) is 1.11. The van der Waals surface area contributed by atoms with Crippen LogP contribution in [0.1, 0.15) is 31.1 Å². The van der Waals surface area contributed by atoms with Crippen LogP contribution in [0.15, 0.2) is 12.1 Å². The molecule has 0 aliphatic heterocycles. The van der Waals surface area contributed by atoms with E-state index in [0.717, 1.165) is 0 Å². The third kappa shape index (κ3) is 2.78. The van der Waals surface area contributed by atoms with E-state index in [4.69, 9.17) is 21.1 Å². The zero-order valence-electron chi connectivity index (χ0n) is 11.4. The van der Waals surface area contributed by atoms with E-state index in [1.165, 1.54) is 14.2 Å². The number of hydrogen-bond donors (Lipinski definition) is 0. The second kappa shape index (κ2) is 6.10. The molecule has 0 saturated carbocycles. The first-order valence-electron chi connectivity index (χ1n) is 5.88. The summed E-state index contributed by atoms with van der Waals surface area (Å²) in [5.41, 5.74) is 0.504. The number of ether oxygens (including phenoxy) is 2. The van der Waals surface area contributed by atoms with Gasteiger partial charge in [0.1, 0.15) is 10.8 Å². The van der Waals surface area contributed by atoms with Crippen molar-refractivity contribution in [2.24, 2.45) is 11.8 Å². The fourth-order valence-electron chi connectivity index (χ4n) is 1.64. The van der Waals surface area contributed by atoms with Crippen LogP contribution in [-0.4, -0.2) is 20.0 Å². The fraction of sp³-hybridized carbons (Fsp3) is 0.500. The van der Waals surface area contributed by atoms with Crippen LogP contribution in [0.2, 0.25) is 5.02 Å². The van der Waals surface area contributed by atoms with Crippen molar-refractivity contribution in [3.8, 4) is 11.5 Å². The van der Waals surface area contributed by atoms with E-state index in [2.05, 4.69) is 0 Å². The van der Waals surface area contributed by atoms with Gasteiger partial charge in [0.15, 0.2) is 11.5 Å². The van der Waals surface area contributed by atoms with Gasteiger partial charge in [0.25, 0.3) is 0 Å². The first-order valence-corrected chi connectivity index (χ1v) is 6.26. The van der Waals surface area contributed by atoms with Gasteiger partial charge in [0, 0.05) is 5.92 Å². The number of carbonyl (C=O) groups excluding carboxylic acids is 1. The van der Waals surface area contributed by atoms with Crippen LogP contribution in [0.4, 0.5) is 0 Å². The molecule has 1 aromatic carbocycles. The molecule has 0 aromatic heterocycles. The first kappa shape index (κ1) is 14.8. The molecule has 0 heterocycles. The molecule has 0 spiro atoms. The number of Topliss-reactive ketones (excluding diaryl/α,β-unsaturated/α-hetero) is 1. The Hall–Kier alpha value is -1.22. The van der Waals surface area contributed by atoms with Gasteiger partial charge in [-0.1, -0.05) is 32.4 Å². The zero-order valence-corrected chi connectivity index (χ0v) is 12.2. The number of hydrogen-bond acceptors (Lipinski definition) is 3. The van der Waals surface area contributed by atoms with Gasteiger partial charge in [0.05, 0.1) is 19.8 Å². The predicted molar refractivity (Wildman–Crippen MR) is 72.9 cm³/mol. The summed E-state index contributed by atoms with van der Waals surface area (Å²) < 4.78 is 10.3. The normalized spacial score (nSPS) is 12.4. The summed E-state index contributed by atoms with van der Waals surface area (Å²) in [4.78, 5) is 12.3. The van der Waals surface area contributed by atoms with E-state index in [-0.39, 0.29) is 17.6 Å². The predicted octanol–water partition coefficient (Wildman–Crippen LogP) is 3.83. The number of ketones is 1. The molecule has 0 radical (unpaired) electrons. The van der Waals surface area contributed by atoms with Gasteiger partial charge in [-0.15, -0.1) is 0 Å². The van der Waals surface area contributed by atoms with Gasteiger partial charge in [-0.2, -0.15) is 0 Å². The molecule has 1 atom stereocenters. The average molecular weight is 271 g/mol. The Bertz CT molecular complexity index is 441. The molecular weight excluding hydrogens is 252 g/mol. The zero-order chi connectivity index (χ0) is 13.9. The molecule has 1 unspecified atom stereocenters. The standard InChI is InChI=1S/C14H19ClO3/c1-8(2)9(3)13(16)10-6-7-11(17-4)12(15)14(10)18-5/h6-9H,1-5H3. The molecule has 0 saturated heterocycles. The van der Waals surface area contributed by atoms with E-state index >= 15 is 0 Å². The Kier molecular flexibility index (Phi) is 5.03. The number of halogens is 1. The smallest absolute Gasteiger partial charge is 0.169 e. The summed E-state index contributed by atoms with van der Waals surface area (Å²) >= 11 is 6.14. The molecule has 100 valence electrons.